The molecule has 1 saturated heterocycles. The number of hydrogen-bond donors (Lipinski definition) is 1. The average molecular weight is 289 g/mol. The third kappa shape index (κ3) is 2.23. The van der Waals surface area contributed by atoms with Crippen LogP contribution in [0.4, 0.5) is 0 Å². The molecule has 0 unspecified atom stereocenters. The summed E-state index contributed by atoms with van der Waals surface area (Å²) in [6.07, 6.45) is 5.63. The fourth-order valence-electron chi connectivity index (χ4n) is 3.81. The topological polar surface area (TPSA) is 41.9 Å². The van der Waals surface area contributed by atoms with Crippen molar-refractivity contribution in [2.24, 2.45) is 0 Å². The van der Waals surface area contributed by atoms with E-state index >= 15 is 0 Å². The first-order valence-electron chi connectivity index (χ1n) is 7.41. The van der Waals surface area contributed by atoms with Crippen LogP contribution in [0.5, 0.6) is 11.5 Å². The van der Waals surface area contributed by atoms with Crippen LogP contribution in [0.25, 0.3) is 0 Å². The Hall–Kier alpha value is -1.52. The lowest BCUT2D eigenvalue weighted by atomic mass is 9.69. The zero-order valence-electron chi connectivity index (χ0n) is 12.9. The Kier molecular flexibility index (Phi) is 3.68. The molecule has 1 aliphatic heterocycles. The summed E-state index contributed by atoms with van der Waals surface area (Å²) in [7, 11) is 5.45. The minimum atomic E-state index is -0.344. The van der Waals surface area contributed by atoms with Gasteiger partial charge in [-0.1, -0.05) is 18.2 Å². The van der Waals surface area contributed by atoms with Gasteiger partial charge in [0.2, 0.25) is 0 Å². The predicted molar refractivity (Wildman–Crippen MR) is 82.0 cm³/mol. The van der Waals surface area contributed by atoms with E-state index in [1.807, 2.05) is 12.1 Å². The fourth-order valence-corrected chi connectivity index (χ4v) is 3.81. The third-order valence-corrected chi connectivity index (χ3v) is 5.01. The van der Waals surface area contributed by atoms with Gasteiger partial charge in [0.15, 0.2) is 11.5 Å². The van der Waals surface area contributed by atoms with Gasteiger partial charge in [-0.05, 0) is 44.1 Å². The molecule has 1 heterocycles. The molecule has 4 nitrogen and oxygen atoms in total. The summed E-state index contributed by atoms with van der Waals surface area (Å²) in [6.45, 7) is 1.04. The Labute approximate surface area is 126 Å². The lowest BCUT2D eigenvalue weighted by molar-refractivity contribution is 0.137. The molecule has 1 aromatic rings. The van der Waals surface area contributed by atoms with Gasteiger partial charge in [0.25, 0.3) is 0 Å². The number of aliphatic hydroxyl groups excluding tert-OH is 1. The molecule has 1 N–H and O–H groups in total. The number of likely N-dealkylation sites (tertiary alicyclic amines) is 1. The standard InChI is InChI=1S/C17H23NO3/c1-18-9-8-17(7-6-13(19)11-16(17)18)12-4-5-14(20-2)15(10-12)21-3/h4-7,10,13,16,19H,8-9,11H2,1-3H3/t13-,16-,17-/m1/s1. The molecule has 2 aliphatic rings. The van der Waals surface area contributed by atoms with Crippen LogP contribution in [0.15, 0.2) is 30.4 Å². The Morgan fingerprint density at radius 1 is 1.24 bits per heavy atom. The van der Waals surface area contributed by atoms with Crippen LogP contribution < -0.4 is 9.47 Å². The van der Waals surface area contributed by atoms with Gasteiger partial charge < -0.3 is 19.5 Å². The number of rotatable bonds is 3. The molecule has 0 aromatic heterocycles. The smallest absolute Gasteiger partial charge is 0.161 e. The molecule has 3 rings (SSSR count). The summed E-state index contributed by atoms with van der Waals surface area (Å²) in [5.74, 6) is 1.51. The Morgan fingerprint density at radius 2 is 2.00 bits per heavy atom. The van der Waals surface area contributed by atoms with Gasteiger partial charge in [-0.25, -0.2) is 0 Å². The SMILES string of the molecule is COc1ccc([C@]23C=C[C@@H](O)C[C@H]2N(C)CC3)cc1OC. The van der Waals surface area contributed by atoms with Crippen molar-refractivity contribution in [2.75, 3.05) is 27.8 Å². The van der Waals surface area contributed by atoms with E-state index in [1.54, 1.807) is 14.2 Å². The highest BCUT2D eigenvalue weighted by Crippen LogP contribution is 2.46. The van der Waals surface area contributed by atoms with E-state index in [1.165, 1.54) is 5.56 Å². The number of methoxy groups -OCH3 is 2. The second kappa shape index (κ2) is 5.35. The van der Waals surface area contributed by atoms with Gasteiger partial charge in [0.1, 0.15) is 0 Å². The highest BCUT2D eigenvalue weighted by molar-refractivity contribution is 5.48. The maximum absolute atomic E-state index is 9.96. The van der Waals surface area contributed by atoms with E-state index in [0.717, 1.165) is 30.9 Å². The highest BCUT2D eigenvalue weighted by Gasteiger charge is 2.48. The highest BCUT2D eigenvalue weighted by atomic mass is 16.5. The molecule has 1 aliphatic carbocycles. The number of nitrogens with zero attached hydrogens (tertiary/aromatic N) is 1. The Bertz CT molecular complexity index is 557. The molecule has 0 bridgehead atoms. The summed E-state index contributed by atoms with van der Waals surface area (Å²) >= 11 is 0. The minimum absolute atomic E-state index is 0.0342. The summed E-state index contributed by atoms with van der Waals surface area (Å²) in [4.78, 5) is 2.35. The molecular weight excluding hydrogens is 266 g/mol. The number of hydrogen-bond acceptors (Lipinski definition) is 4. The molecule has 0 spiro atoms. The lowest BCUT2D eigenvalue weighted by Crippen LogP contribution is -2.44. The van der Waals surface area contributed by atoms with E-state index in [2.05, 4.69) is 30.2 Å². The van der Waals surface area contributed by atoms with E-state index in [4.69, 9.17) is 9.47 Å². The monoisotopic (exact) mass is 289 g/mol. The van der Waals surface area contributed by atoms with Crippen LogP contribution in [0, 0.1) is 0 Å². The third-order valence-electron chi connectivity index (χ3n) is 5.01. The number of fused-ring (bicyclic) bond motifs is 1. The predicted octanol–water partition coefficient (Wildman–Crippen LogP) is 1.97. The molecule has 0 radical (unpaired) electrons. The van der Waals surface area contributed by atoms with Gasteiger partial charge in [-0.3, -0.25) is 0 Å². The maximum atomic E-state index is 9.96. The maximum Gasteiger partial charge on any atom is 0.161 e. The minimum Gasteiger partial charge on any atom is -0.493 e. The quantitative estimate of drug-likeness (QED) is 0.864. The first kappa shape index (κ1) is 14.4. The first-order valence-corrected chi connectivity index (χ1v) is 7.41. The summed E-state index contributed by atoms with van der Waals surface area (Å²) in [6, 6.07) is 6.50. The van der Waals surface area contributed by atoms with Gasteiger partial charge in [0.05, 0.1) is 20.3 Å². The molecular formula is C17H23NO3. The Morgan fingerprint density at radius 3 is 2.71 bits per heavy atom. The van der Waals surface area contributed by atoms with E-state index in [0.29, 0.717) is 6.04 Å². The molecule has 4 heteroatoms. The average Bonchev–Trinajstić information content (AvgIpc) is 2.85. The van der Waals surface area contributed by atoms with Crippen LogP contribution >= 0.6 is 0 Å². The zero-order chi connectivity index (χ0) is 15.0. The van der Waals surface area contributed by atoms with Gasteiger partial charge >= 0.3 is 0 Å². The van der Waals surface area contributed by atoms with E-state index in [9.17, 15) is 5.11 Å². The van der Waals surface area contributed by atoms with E-state index in [-0.39, 0.29) is 11.5 Å². The molecule has 114 valence electrons. The molecule has 0 saturated carbocycles. The van der Waals surface area contributed by atoms with Crippen LogP contribution in [-0.4, -0.2) is 50.0 Å². The Balaban J connectivity index is 2.07. The number of likely N-dealkylation sites (N-methyl/N-ethyl adjacent to an activating group) is 1. The lowest BCUT2D eigenvalue weighted by Gasteiger charge is -2.39. The second-order valence-corrected chi connectivity index (χ2v) is 6.02. The van der Waals surface area contributed by atoms with Gasteiger partial charge in [-0.15, -0.1) is 0 Å². The summed E-state index contributed by atoms with van der Waals surface area (Å²) < 4.78 is 10.8. The van der Waals surface area contributed by atoms with Crippen molar-refractivity contribution in [3.8, 4) is 11.5 Å². The van der Waals surface area contributed by atoms with Gasteiger partial charge in [0, 0.05) is 11.5 Å². The van der Waals surface area contributed by atoms with Crippen molar-refractivity contribution in [3.05, 3.63) is 35.9 Å². The zero-order valence-corrected chi connectivity index (χ0v) is 12.9. The number of benzene rings is 1. The van der Waals surface area contributed by atoms with Crippen LogP contribution in [0.1, 0.15) is 18.4 Å². The van der Waals surface area contributed by atoms with Crippen molar-refractivity contribution in [3.63, 3.8) is 0 Å². The van der Waals surface area contributed by atoms with Crippen LogP contribution in [-0.2, 0) is 5.41 Å². The molecule has 3 atom stereocenters. The van der Waals surface area contributed by atoms with Crippen molar-refractivity contribution in [2.45, 2.75) is 30.4 Å². The molecule has 1 aromatic carbocycles. The normalized spacial score (nSPS) is 32.0. The molecule has 1 fully saturated rings. The van der Waals surface area contributed by atoms with E-state index < -0.39 is 0 Å². The summed E-state index contributed by atoms with van der Waals surface area (Å²) in [5.41, 5.74) is 1.20. The summed E-state index contributed by atoms with van der Waals surface area (Å²) in [5, 5.41) is 9.96. The van der Waals surface area contributed by atoms with Crippen molar-refractivity contribution >= 4 is 0 Å². The fraction of sp³-hybridized carbons (Fsp3) is 0.529. The van der Waals surface area contributed by atoms with Crippen molar-refractivity contribution in [1.29, 1.82) is 0 Å². The van der Waals surface area contributed by atoms with Crippen LogP contribution in [0.2, 0.25) is 0 Å². The molecule has 21 heavy (non-hydrogen) atoms. The first-order chi connectivity index (χ1) is 10.1. The second-order valence-electron chi connectivity index (χ2n) is 6.02. The molecule has 0 amide bonds. The largest absolute Gasteiger partial charge is 0.493 e. The number of aliphatic hydroxyl groups is 1. The number of ether oxygens (including phenoxy) is 2. The van der Waals surface area contributed by atoms with Crippen molar-refractivity contribution < 1.29 is 14.6 Å². The van der Waals surface area contributed by atoms with Gasteiger partial charge in [-0.2, -0.15) is 0 Å². The van der Waals surface area contributed by atoms with Crippen LogP contribution in [0.3, 0.4) is 0 Å². The van der Waals surface area contributed by atoms with Crippen molar-refractivity contribution in [1.82, 2.24) is 4.90 Å².